The molecule has 1 atom stereocenters. The summed E-state index contributed by atoms with van der Waals surface area (Å²) in [6.45, 7) is 9.43. The molecule has 0 aliphatic carbocycles. The topological polar surface area (TPSA) is 67.5 Å². The minimum Gasteiger partial charge on any atom is -0.478 e. The predicted octanol–water partition coefficient (Wildman–Crippen LogP) is 0.345. The highest BCUT2D eigenvalue weighted by Crippen LogP contribution is 2.18. The first-order chi connectivity index (χ1) is 9.24. The minimum atomic E-state index is 0.450. The molecule has 1 saturated heterocycles. The highest BCUT2D eigenvalue weighted by molar-refractivity contribution is 5.41. The van der Waals surface area contributed by atoms with Crippen LogP contribution in [-0.2, 0) is 0 Å². The Balaban J connectivity index is 1.95. The van der Waals surface area contributed by atoms with E-state index in [9.17, 15) is 0 Å². The Bertz CT molecular complexity index is 392. The average Bonchev–Trinajstić information content (AvgIpc) is 2.47. The van der Waals surface area contributed by atoms with Crippen LogP contribution in [0.1, 0.15) is 13.8 Å². The van der Waals surface area contributed by atoms with E-state index in [1.807, 2.05) is 13.0 Å². The van der Waals surface area contributed by atoms with E-state index in [1.54, 1.807) is 6.33 Å². The van der Waals surface area contributed by atoms with Gasteiger partial charge in [-0.15, -0.1) is 0 Å². The molecule has 0 spiro atoms. The van der Waals surface area contributed by atoms with Crippen molar-refractivity contribution in [3.05, 3.63) is 12.4 Å². The molecule has 1 aliphatic heterocycles. The normalized spacial score (nSPS) is 18.4. The van der Waals surface area contributed by atoms with Crippen molar-refractivity contribution in [1.29, 1.82) is 0 Å². The number of hydrogen-bond acceptors (Lipinski definition) is 6. The molecule has 0 saturated carbocycles. The molecule has 1 aromatic rings. The number of nitrogens with two attached hydrogens (primary N) is 1. The van der Waals surface area contributed by atoms with Gasteiger partial charge in [0.25, 0.3) is 0 Å². The van der Waals surface area contributed by atoms with Gasteiger partial charge in [0, 0.05) is 44.8 Å². The number of aromatic nitrogens is 2. The van der Waals surface area contributed by atoms with Crippen LogP contribution in [0.4, 0.5) is 5.82 Å². The lowest BCUT2D eigenvalue weighted by Crippen LogP contribution is -2.51. The molecule has 1 fully saturated rings. The van der Waals surface area contributed by atoms with Crippen molar-refractivity contribution in [2.45, 2.75) is 19.9 Å². The van der Waals surface area contributed by atoms with Crippen LogP contribution in [0.2, 0.25) is 0 Å². The molecule has 1 aromatic heterocycles. The fourth-order valence-electron chi connectivity index (χ4n) is 2.27. The van der Waals surface area contributed by atoms with E-state index in [2.05, 4.69) is 26.7 Å². The van der Waals surface area contributed by atoms with Crippen molar-refractivity contribution < 1.29 is 4.74 Å². The molecular formula is C13H23N5O. The average molecular weight is 265 g/mol. The van der Waals surface area contributed by atoms with Crippen LogP contribution in [-0.4, -0.2) is 60.2 Å². The quantitative estimate of drug-likeness (QED) is 0.828. The second-order valence-corrected chi connectivity index (χ2v) is 4.76. The molecule has 1 unspecified atom stereocenters. The van der Waals surface area contributed by atoms with Gasteiger partial charge in [0.2, 0.25) is 5.88 Å². The minimum absolute atomic E-state index is 0.450. The molecule has 6 nitrogen and oxygen atoms in total. The van der Waals surface area contributed by atoms with Gasteiger partial charge in [-0.3, -0.25) is 4.90 Å². The van der Waals surface area contributed by atoms with Crippen LogP contribution in [0, 0.1) is 0 Å². The highest BCUT2D eigenvalue weighted by Gasteiger charge is 2.21. The van der Waals surface area contributed by atoms with Crippen molar-refractivity contribution >= 4 is 5.82 Å². The monoisotopic (exact) mass is 265 g/mol. The number of rotatable bonds is 5. The molecule has 1 aliphatic rings. The Kier molecular flexibility index (Phi) is 4.93. The van der Waals surface area contributed by atoms with Gasteiger partial charge in [0.15, 0.2) is 0 Å². The van der Waals surface area contributed by atoms with Crippen molar-refractivity contribution in [3.8, 4) is 5.88 Å². The lowest BCUT2D eigenvalue weighted by molar-refractivity contribution is 0.201. The maximum Gasteiger partial charge on any atom is 0.218 e. The van der Waals surface area contributed by atoms with E-state index in [1.165, 1.54) is 0 Å². The Morgan fingerprint density at radius 3 is 2.68 bits per heavy atom. The third kappa shape index (κ3) is 3.54. The van der Waals surface area contributed by atoms with Crippen LogP contribution >= 0.6 is 0 Å². The van der Waals surface area contributed by atoms with Gasteiger partial charge in [0.1, 0.15) is 12.1 Å². The van der Waals surface area contributed by atoms with Gasteiger partial charge in [0.05, 0.1) is 6.61 Å². The summed E-state index contributed by atoms with van der Waals surface area (Å²) in [4.78, 5) is 13.1. The number of ether oxygens (including phenoxy) is 1. The maximum atomic E-state index is 5.71. The maximum absolute atomic E-state index is 5.71. The van der Waals surface area contributed by atoms with Crippen molar-refractivity contribution in [3.63, 3.8) is 0 Å². The fourth-order valence-corrected chi connectivity index (χ4v) is 2.27. The zero-order valence-corrected chi connectivity index (χ0v) is 11.7. The molecule has 2 heterocycles. The second-order valence-electron chi connectivity index (χ2n) is 4.76. The van der Waals surface area contributed by atoms with E-state index in [0.717, 1.165) is 32.0 Å². The van der Waals surface area contributed by atoms with Gasteiger partial charge < -0.3 is 15.4 Å². The molecule has 2 rings (SSSR count). The molecule has 2 N–H and O–H groups in total. The lowest BCUT2D eigenvalue weighted by Gasteiger charge is -2.38. The summed E-state index contributed by atoms with van der Waals surface area (Å²) in [6, 6.07) is 2.36. The first-order valence-electron chi connectivity index (χ1n) is 6.88. The summed E-state index contributed by atoms with van der Waals surface area (Å²) in [5.74, 6) is 1.59. The van der Waals surface area contributed by atoms with Crippen molar-refractivity contribution in [1.82, 2.24) is 14.9 Å². The zero-order chi connectivity index (χ0) is 13.7. The van der Waals surface area contributed by atoms with Gasteiger partial charge in [-0.1, -0.05) is 0 Å². The third-order valence-electron chi connectivity index (χ3n) is 3.52. The Morgan fingerprint density at radius 1 is 1.32 bits per heavy atom. The molecular weight excluding hydrogens is 242 g/mol. The largest absolute Gasteiger partial charge is 0.478 e. The van der Waals surface area contributed by atoms with Crippen molar-refractivity contribution in [2.75, 3.05) is 44.2 Å². The van der Waals surface area contributed by atoms with Gasteiger partial charge in [-0.05, 0) is 13.8 Å². The Morgan fingerprint density at radius 2 is 2.05 bits per heavy atom. The van der Waals surface area contributed by atoms with E-state index in [0.29, 0.717) is 25.1 Å². The smallest absolute Gasteiger partial charge is 0.218 e. The van der Waals surface area contributed by atoms with Crippen molar-refractivity contribution in [2.24, 2.45) is 5.73 Å². The lowest BCUT2D eigenvalue weighted by atomic mass is 10.2. The SMILES string of the molecule is CCOc1cc(N2CCN(C(C)CN)CC2)ncn1. The Labute approximate surface area is 114 Å². The summed E-state index contributed by atoms with van der Waals surface area (Å²) in [6.07, 6.45) is 1.56. The first kappa shape index (κ1) is 14.0. The first-order valence-corrected chi connectivity index (χ1v) is 6.88. The molecule has 106 valence electrons. The standard InChI is InChI=1S/C13H23N5O/c1-3-19-13-8-12(15-10-16-13)18-6-4-17(5-7-18)11(2)9-14/h8,10-11H,3-7,9,14H2,1-2H3. The van der Waals surface area contributed by atoms with Crippen LogP contribution in [0.25, 0.3) is 0 Å². The number of anilines is 1. The molecule has 6 heteroatoms. The summed E-state index contributed by atoms with van der Waals surface area (Å²) < 4.78 is 5.41. The molecule has 0 radical (unpaired) electrons. The van der Waals surface area contributed by atoms with E-state index < -0.39 is 0 Å². The third-order valence-corrected chi connectivity index (χ3v) is 3.52. The van der Waals surface area contributed by atoms with Crippen LogP contribution in [0.5, 0.6) is 5.88 Å². The van der Waals surface area contributed by atoms with Crippen LogP contribution < -0.4 is 15.4 Å². The molecule has 0 bridgehead atoms. The Hall–Kier alpha value is -1.40. The van der Waals surface area contributed by atoms with Crippen LogP contribution in [0.15, 0.2) is 12.4 Å². The molecule has 19 heavy (non-hydrogen) atoms. The molecule has 0 aromatic carbocycles. The van der Waals surface area contributed by atoms with Gasteiger partial charge in [-0.25, -0.2) is 9.97 Å². The summed E-state index contributed by atoms with van der Waals surface area (Å²) in [7, 11) is 0. The number of piperazine rings is 1. The second kappa shape index (κ2) is 6.68. The number of nitrogens with zero attached hydrogens (tertiary/aromatic N) is 4. The summed E-state index contributed by atoms with van der Waals surface area (Å²) in [5, 5.41) is 0. The zero-order valence-electron chi connectivity index (χ0n) is 11.7. The van der Waals surface area contributed by atoms with E-state index >= 15 is 0 Å². The molecule has 0 amide bonds. The fraction of sp³-hybridized carbons (Fsp3) is 0.692. The van der Waals surface area contributed by atoms with E-state index in [-0.39, 0.29) is 0 Å². The predicted molar refractivity (Wildman–Crippen MR) is 75.5 cm³/mol. The van der Waals surface area contributed by atoms with Gasteiger partial charge in [-0.2, -0.15) is 0 Å². The number of hydrogen-bond donors (Lipinski definition) is 1. The van der Waals surface area contributed by atoms with Crippen LogP contribution in [0.3, 0.4) is 0 Å². The summed E-state index contributed by atoms with van der Waals surface area (Å²) >= 11 is 0. The van der Waals surface area contributed by atoms with E-state index in [4.69, 9.17) is 10.5 Å². The summed E-state index contributed by atoms with van der Waals surface area (Å²) in [5.41, 5.74) is 5.71. The van der Waals surface area contributed by atoms with Gasteiger partial charge >= 0.3 is 0 Å². The highest BCUT2D eigenvalue weighted by atomic mass is 16.5.